The molecule has 1 aromatic carbocycles. The molecule has 1 unspecified atom stereocenters. The van der Waals surface area contributed by atoms with Gasteiger partial charge in [-0.3, -0.25) is 14.3 Å². The summed E-state index contributed by atoms with van der Waals surface area (Å²) in [5, 5.41) is 4.03. The third-order valence-corrected chi connectivity index (χ3v) is 4.87. The normalized spacial score (nSPS) is 17.7. The fourth-order valence-corrected chi connectivity index (χ4v) is 3.43. The number of rotatable bonds is 6. The largest absolute Gasteiger partial charge is 0.370 e. The van der Waals surface area contributed by atoms with Crippen LogP contribution in [0.25, 0.3) is 0 Å². The monoisotopic (exact) mass is 402 g/mol. The second kappa shape index (κ2) is 9.17. The quantitative estimate of drug-likeness (QED) is 0.742. The first-order valence-electron chi connectivity index (χ1n) is 9.75. The Hall–Kier alpha value is -2.74. The molecule has 2 heterocycles. The lowest BCUT2D eigenvalue weighted by atomic mass is 10.2. The summed E-state index contributed by atoms with van der Waals surface area (Å²) in [4.78, 5) is 29.0. The Kier molecular flexibility index (Phi) is 6.64. The van der Waals surface area contributed by atoms with E-state index in [0.717, 1.165) is 0 Å². The highest BCUT2D eigenvalue weighted by Gasteiger charge is 2.32. The predicted molar refractivity (Wildman–Crippen MR) is 106 cm³/mol. The van der Waals surface area contributed by atoms with E-state index in [1.165, 1.54) is 15.6 Å². The fourth-order valence-electron chi connectivity index (χ4n) is 3.43. The van der Waals surface area contributed by atoms with Gasteiger partial charge in [-0.25, -0.2) is 4.39 Å². The lowest BCUT2D eigenvalue weighted by Crippen LogP contribution is -2.41. The number of hydrogen-bond donors (Lipinski definition) is 0. The van der Waals surface area contributed by atoms with Crippen LogP contribution in [0.1, 0.15) is 29.9 Å². The van der Waals surface area contributed by atoms with Crippen molar-refractivity contribution >= 4 is 11.8 Å². The van der Waals surface area contributed by atoms with Gasteiger partial charge >= 0.3 is 0 Å². The Morgan fingerprint density at radius 2 is 2.03 bits per heavy atom. The number of halogens is 1. The molecular weight excluding hydrogens is 375 g/mol. The summed E-state index contributed by atoms with van der Waals surface area (Å²) in [5.41, 5.74) is 0.853. The molecule has 1 saturated heterocycles. The summed E-state index contributed by atoms with van der Waals surface area (Å²) in [5.74, 6) is -0.444. The number of carbonyl (C=O) groups excluding carboxylic acids is 2. The van der Waals surface area contributed by atoms with E-state index < -0.39 is 6.10 Å². The van der Waals surface area contributed by atoms with E-state index in [2.05, 4.69) is 5.10 Å². The number of nitrogens with zero attached hydrogens (tertiary/aromatic N) is 4. The van der Waals surface area contributed by atoms with Gasteiger partial charge in [-0.15, -0.1) is 0 Å². The van der Waals surface area contributed by atoms with Crippen molar-refractivity contribution in [3.63, 3.8) is 0 Å². The number of carbonyl (C=O) groups is 2. The smallest absolute Gasteiger partial charge is 0.272 e. The van der Waals surface area contributed by atoms with Crippen LogP contribution in [0.4, 0.5) is 4.39 Å². The van der Waals surface area contributed by atoms with Gasteiger partial charge in [0.2, 0.25) is 5.91 Å². The summed E-state index contributed by atoms with van der Waals surface area (Å²) >= 11 is 0. The maximum atomic E-state index is 14.0. The molecule has 156 valence electrons. The molecule has 0 radical (unpaired) electrons. The Morgan fingerprint density at radius 1 is 1.28 bits per heavy atom. The van der Waals surface area contributed by atoms with Crippen LogP contribution in [-0.4, -0.2) is 63.7 Å². The fraction of sp³-hybridized carbons (Fsp3) is 0.476. The zero-order valence-corrected chi connectivity index (χ0v) is 17.0. The summed E-state index contributed by atoms with van der Waals surface area (Å²) < 4.78 is 21.4. The van der Waals surface area contributed by atoms with Crippen molar-refractivity contribution in [1.82, 2.24) is 19.6 Å². The maximum absolute atomic E-state index is 14.0. The van der Waals surface area contributed by atoms with Crippen LogP contribution in [0.2, 0.25) is 0 Å². The lowest BCUT2D eigenvalue weighted by Gasteiger charge is -2.26. The van der Waals surface area contributed by atoms with E-state index in [0.29, 0.717) is 24.3 Å². The molecule has 1 aliphatic rings. The Bertz CT molecular complexity index is 867. The minimum absolute atomic E-state index is 0.0176. The highest BCUT2D eigenvalue weighted by atomic mass is 19.1. The molecule has 3 rings (SSSR count). The van der Waals surface area contributed by atoms with Gasteiger partial charge in [0.1, 0.15) is 18.1 Å². The first kappa shape index (κ1) is 21.0. The molecule has 1 aliphatic heterocycles. The second-order valence-corrected chi connectivity index (χ2v) is 7.74. The van der Waals surface area contributed by atoms with Gasteiger partial charge in [-0.05, 0) is 18.1 Å². The summed E-state index contributed by atoms with van der Waals surface area (Å²) in [6.07, 6.45) is 1.13. The first-order chi connectivity index (χ1) is 13.8. The molecular formula is C21H27FN4O3. The Morgan fingerprint density at radius 3 is 2.69 bits per heavy atom. The highest BCUT2D eigenvalue weighted by molar-refractivity contribution is 5.95. The number of aryl methyl sites for hydroxylation is 1. The van der Waals surface area contributed by atoms with Crippen LogP contribution in [0.15, 0.2) is 36.5 Å². The summed E-state index contributed by atoms with van der Waals surface area (Å²) in [6.45, 7) is 5.31. The molecule has 1 atom stereocenters. The van der Waals surface area contributed by atoms with Crippen LogP contribution >= 0.6 is 0 Å². The van der Waals surface area contributed by atoms with Gasteiger partial charge in [0, 0.05) is 38.4 Å². The first-order valence-corrected chi connectivity index (χ1v) is 9.75. The summed E-state index contributed by atoms with van der Waals surface area (Å²) in [7, 11) is 1.68. The zero-order chi connectivity index (χ0) is 21.0. The molecule has 2 aromatic rings. The Labute approximate surface area is 170 Å². The molecule has 0 bridgehead atoms. The standard InChI is InChI=1S/C21H27FN4O3/c1-15(2)10-25-11-17(29-14-16-6-4-5-7-18(16)22)12-26(13-20(25)27)21(28)19-8-9-23-24(19)3/h4-9,15,17H,10-14H2,1-3H3. The molecule has 0 aliphatic carbocycles. The highest BCUT2D eigenvalue weighted by Crippen LogP contribution is 2.16. The molecule has 7 nitrogen and oxygen atoms in total. The average Bonchev–Trinajstić information content (AvgIpc) is 3.03. The van der Waals surface area contributed by atoms with E-state index in [9.17, 15) is 14.0 Å². The number of hydrogen-bond acceptors (Lipinski definition) is 4. The minimum Gasteiger partial charge on any atom is -0.370 e. The third-order valence-electron chi connectivity index (χ3n) is 4.87. The molecule has 0 N–H and O–H groups in total. The van der Waals surface area contributed by atoms with Crippen molar-refractivity contribution in [3.05, 3.63) is 53.6 Å². The van der Waals surface area contributed by atoms with E-state index in [1.54, 1.807) is 42.4 Å². The van der Waals surface area contributed by atoms with E-state index in [4.69, 9.17) is 4.74 Å². The molecule has 8 heteroatoms. The number of benzene rings is 1. The van der Waals surface area contributed by atoms with Crippen LogP contribution in [0, 0.1) is 11.7 Å². The average molecular weight is 402 g/mol. The van der Waals surface area contributed by atoms with Gasteiger partial charge in [0.15, 0.2) is 0 Å². The Balaban J connectivity index is 1.78. The van der Waals surface area contributed by atoms with Crippen LogP contribution in [0.3, 0.4) is 0 Å². The van der Waals surface area contributed by atoms with Gasteiger partial charge < -0.3 is 14.5 Å². The van der Waals surface area contributed by atoms with Crippen molar-refractivity contribution in [2.24, 2.45) is 13.0 Å². The van der Waals surface area contributed by atoms with E-state index in [1.807, 2.05) is 13.8 Å². The van der Waals surface area contributed by atoms with Crippen LogP contribution < -0.4 is 0 Å². The van der Waals surface area contributed by atoms with Crippen molar-refractivity contribution < 1.29 is 18.7 Å². The number of aromatic nitrogens is 2. The van der Waals surface area contributed by atoms with Crippen LogP contribution in [0.5, 0.6) is 0 Å². The van der Waals surface area contributed by atoms with Gasteiger partial charge in [0.05, 0.1) is 12.7 Å². The van der Waals surface area contributed by atoms with Gasteiger partial charge in [-0.2, -0.15) is 5.10 Å². The van der Waals surface area contributed by atoms with Gasteiger partial charge in [-0.1, -0.05) is 32.0 Å². The number of ether oxygens (including phenoxy) is 1. The van der Waals surface area contributed by atoms with Gasteiger partial charge in [0.25, 0.3) is 5.91 Å². The second-order valence-electron chi connectivity index (χ2n) is 7.74. The lowest BCUT2D eigenvalue weighted by molar-refractivity contribution is -0.132. The SMILES string of the molecule is CC(C)CN1CC(OCc2ccccc2F)CN(C(=O)c2ccnn2C)CC1=O. The minimum atomic E-state index is -0.419. The van der Waals surface area contributed by atoms with Crippen molar-refractivity contribution in [1.29, 1.82) is 0 Å². The molecule has 0 spiro atoms. The third kappa shape index (κ3) is 5.20. The van der Waals surface area contributed by atoms with E-state index >= 15 is 0 Å². The van der Waals surface area contributed by atoms with Crippen molar-refractivity contribution in [2.45, 2.75) is 26.6 Å². The van der Waals surface area contributed by atoms with Crippen molar-refractivity contribution in [2.75, 3.05) is 26.2 Å². The van der Waals surface area contributed by atoms with Crippen LogP contribution in [-0.2, 0) is 23.2 Å². The molecule has 0 saturated carbocycles. The molecule has 1 aromatic heterocycles. The van der Waals surface area contributed by atoms with E-state index in [-0.39, 0.29) is 43.2 Å². The molecule has 2 amide bonds. The zero-order valence-electron chi connectivity index (χ0n) is 17.0. The predicted octanol–water partition coefficient (Wildman–Crippen LogP) is 2.08. The number of amides is 2. The molecule has 1 fully saturated rings. The molecule has 29 heavy (non-hydrogen) atoms. The van der Waals surface area contributed by atoms with Crippen molar-refractivity contribution in [3.8, 4) is 0 Å². The maximum Gasteiger partial charge on any atom is 0.272 e. The topological polar surface area (TPSA) is 67.7 Å². The summed E-state index contributed by atoms with van der Waals surface area (Å²) in [6, 6.07) is 8.06.